The van der Waals surface area contributed by atoms with Gasteiger partial charge in [0, 0.05) is 6.08 Å². The molecule has 0 atom stereocenters. The van der Waals surface area contributed by atoms with Crippen molar-refractivity contribution in [1.82, 2.24) is 4.98 Å². The molecule has 0 aliphatic carbocycles. The van der Waals surface area contributed by atoms with Crippen molar-refractivity contribution >= 4 is 43.3 Å². The number of nitrogens with one attached hydrogen (secondary N) is 1. The van der Waals surface area contributed by atoms with Gasteiger partial charge in [0.25, 0.3) is 0 Å². The number of sulfonamides is 1. The average Bonchev–Trinajstić information content (AvgIpc) is 2.77. The number of aliphatic hydroxyl groups excluding tert-OH is 1. The second-order valence-electron chi connectivity index (χ2n) is 4.31. The van der Waals surface area contributed by atoms with E-state index in [9.17, 15) is 34.8 Å². The minimum absolute atomic E-state index is 0.121. The molecule has 1 heterocycles. The minimum Gasteiger partial charge on any atom is -0.504 e. The lowest BCUT2D eigenvalue weighted by atomic mass is 10.3. The van der Waals surface area contributed by atoms with Crippen LogP contribution in [0.5, 0.6) is 0 Å². The van der Waals surface area contributed by atoms with Gasteiger partial charge in [-0.05, 0) is 18.2 Å². The van der Waals surface area contributed by atoms with E-state index < -0.39 is 33.2 Å². The van der Waals surface area contributed by atoms with Crippen LogP contribution in [0, 0.1) is 0 Å². The van der Waals surface area contributed by atoms with Gasteiger partial charge in [0.05, 0.1) is 15.9 Å². The fourth-order valence-corrected chi connectivity index (χ4v) is 2.98. The summed E-state index contributed by atoms with van der Waals surface area (Å²) in [7, 11) is -5.62. The number of nitrogens with zero attached hydrogens (tertiary/aromatic N) is 1. The van der Waals surface area contributed by atoms with Crippen LogP contribution in [0.1, 0.15) is 5.01 Å². The van der Waals surface area contributed by atoms with Crippen LogP contribution < -0.4 is 4.72 Å². The Morgan fingerprint density at radius 3 is 2.38 bits per heavy atom. The Hall–Kier alpha value is -2.02. The van der Waals surface area contributed by atoms with E-state index in [-0.39, 0.29) is 15.2 Å². The highest BCUT2D eigenvalue weighted by molar-refractivity contribution is 7.93. The Bertz CT molecular complexity index is 899. The molecule has 132 valence electrons. The van der Waals surface area contributed by atoms with Crippen molar-refractivity contribution in [3.63, 3.8) is 0 Å². The summed E-state index contributed by atoms with van der Waals surface area (Å²) in [5.74, 6) is -1.89. The molecule has 0 radical (unpaired) electrons. The zero-order valence-electron chi connectivity index (χ0n) is 11.1. The van der Waals surface area contributed by atoms with Gasteiger partial charge in [0.15, 0.2) is 0 Å². The van der Waals surface area contributed by atoms with E-state index in [1.807, 2.05) is 0 Å². The van der Waals surface area contributed by atoms with Gasteiger partial charge in [-0.2, -0.15) is 34.8 Å². The van der Waals surface area contributed by atoms with Crippen molar-refractivity contribution < 1.29 is 39.9 Å². The molecule has 13 heteroatoms. The smallest absolute Gasteiger partial charge is 0.504 e. The van der Waals surface area contributed by atoms with Gasteiger partial charge in [-0.25, -0.2) is 4.98 Å². The maximum Gasteiger partial charge on any atom is 0.516 e. The second kappa shape index (κ2) is 5.81. The third kappa shape index (κ3) is 3.90. The first-order valence-electron chi connectivity index (χ1n) is 5.77. The fourth-order valence-electron chi connectivity index (χ4n) is 1.48. The number of alkyl halides is 6. The van der Waals surface area contributed by atoms with Crippen LogP contribution in [0.3, 0.4) is 0 Å². The molecule has 0 unspecified atom stereocenters. The molecule has 0 saturated heterocycles. The molecule has 2 N–H and O–H groups in total. The molecule has 0 fully saturated rings. The van der Waals surface area contributed by atoms with Crippen LogP contribution >= 0.6 is 11.3 Å². The summed E-state index contributed by atoms with van der Waals surface area (Å²) >= 11 is 0.626. The molecule has 0 aliphatic heterocycles. The normalized spacial score (nSPS) is 14.2. The molecular formula is C11H6F6N2O3S2. The van der Waals surface area contributed by atoms with E-state index in [1.165, 1.54) is 4.72 Å². The minimum atomic E-state index is -5.62. The van der Waals surface area contributed by atoms with Gasteiger partial charge >= 0.3 is 21.7 Å². The maximum absolute atomic E-state index is 12.3. The number of thiazole rings is 1. The first-order chi connectivity index (χ1) is 10.8. The topological polar surface area (TPSA) is 79.3 Å². The Kier molecular flexibility index (Phi) is 4.43. The Morgan fingerprint density at radius 1 is 1.21 bits per heavy atom. The van der Waals surface area contributed by atoms with E-state index in [1.54, 1.807) is 0 Å². The number of hydrogen-bond donors (Lipinski definition) is 2. The third-order valence-electron chi connectivity index (χ3n) is 2.51. The number of aromatic nitrogens is 1. The van der Waals surface area contributed by atoms with E-state index in [4.69, 9.17) is 5.11 Å². The summed E-state index contributed by atoms with van der Waals surface area (Å²) in [5, 5.41) is 8.59. The van der Waals surface area contributed by atoms with E-state index in [2.05, 4.69) is 4.98 Å². The van der Waals surface area contributed by atoms with Crippen molar-refractivity contribution in [2.75, 3.05) is 4.72 Å². The highest BCUT2D eigenvalue weighted by Crippen LogP contribution is 2.31. The lowest BCUT2D eigenvalue weighted by Gasteiger charge is -2.10. The first kappa shape index (κ1) is 18.3. The Labute approximate surface area is 134 Å². The molecule has 1 aromatic heterocycles. The summed E-state index contributed by atoms with van der Waals surface area (Å²) in [6.45, 7) is 0. The highest BCUT2D eigenvalue weighted by atomic mass is 32.2. The summed E-state index contributed by atoms with van der Waals surface area (Å²) < 4.78 is 97.0. The zero-order valence-corrected chi connectivity index (χ0v) is 12.7. The maximum atomic E-state index is 12.3. The molecule has 0 amide bonds. The highest BCUT2D eigenvalue weighted by Gasteiger charge is 2.46. The second-order valence-corrected chi connectivity index (χ2v) is 7.05. The molecule has 2 rings (SSSR count). The van der Waals surface area contributed by atoms with E-state index in [0.29, 0.717) is 17.4 Å². The van der Waals surface area contributed by atoms with Gasteiger partial charge in [0.2, 0.25) is 5.76 Å². The molecule has 0 saturated carbocycles. The van der Waals surface area contributed by atoms with Crippen LogP contribution in [0.15, 0.2) is 24.0 Å². The molecule has 24 heavy (non-hydrogen) atoms. The predicted molar refractivity (Wildman–Crippen MR) is 74.9 cm³/mol. The number of anilines is 1. The Balaban J connectivity index is 2.37. The lowest BCUT2D eigenvalue weighted by Crippen LogP contribution is -2.29. The number of aliphatic hydroxyl groups is 1. The average molecular weight is 392 g/mol. The van der Waals surface area contributed by atoms with Gasteiger partial charge in [-0.3, -0.25) is 4.72 Å². The number of allylic oxidation sites excluding steroid dienone is 1. The van der Waals surface area contributed by atoms with Crippen molar-refractivity contribution in [3.8, 4) is 0 Å². The van der Waals surface area contributed by atoms with Crippen molar-refractivity contribution in [2.24, 2.45) is 0 Å². The largest absolute Gasteiger partial charge is 0.516 e. The van der Waals surface area contributed by atoms with Crippen LogP contribution in [-0.4, -0.2) is 30.2 Å². The summed E-state index contributed by atoms with van der Waals surface area (Å²) in [6, 6.07) is 3.09. The predicted octanol–water partition coefficient (Wildman–Crippen LogP) is 4.02. The molecule has 0 aliphatic rings. The van der Waals surface area contributed by atoms with Crippen LogP contribution in [0.2, 0.25) is 0 Å². The Morgan fingerprint density at radius 2 is 1.83 bits per heavy atom. The van der Waals surface area contributed by atoms with Crippen LogP contribution in [0.25, 0.3) is 16.3 Å². The zero-order chi connectivity index (χ0) is 18.3. The van der Waals surface area contributed by atoms with Crippen molar-refractivity contribution in [3.05, 3.63) is 29.0 Å². The van der Waals surface area contributed by atoms with Crippen molar-refractivity contribution in [1.29, 1.82) is 0 Å². The number of fused-ring (bicyclic) bond motifs is 1. The van der Waals surface area contributed by atoms with Gasteiger partial charge in [-0.1, -0.05) is 0 Å². The number of hydrogen-bond acceptors (Lipinski definition) is 5. The molecule has 2 aromatic rings. The van der Waals surface area contributed by atoms with Gasteiger partial charge in [-0.15, -0.1) is 11.3 Å². The van der Waals surface area contributed by atoms with E-state index >= 15 is 0 Å². The molecule has 5 nitrogen and oxygen atoms in total. The van der Waals surface area contributed by atoms with Crippen LogP contribution in [-0.2, 0) is 10.0 Å². The van der Waals surface area contributed by atoms with E-state index in [0.717, 1.165) is 18.2 Å². The first-order valence-corrected chi connectivity index (χ1v) is 8.07. The van der Waals surface area contributed by atoms with Gasteiger partial charge in [0.1, 0.15) is 5.01 Å². The van der Waals surface area contributed by atoms with Gasteiger partial charge < -0.3 is 5.11 Å². The van der Waals surface area contributed by atoms with Crippen molar-refractivity contribution in [2.45, 2.75) is 11.7 Å². The molecule has 0 bridgehead atoms. The number of benzene rings is 1. The number of halogens is 6. The number of rotatable bonds is 3. The summed E-state index contributed by atoms with van der Waals surface area (Å²) in [4.78, 5) is 3.74. The third-order valence-corrected chi connectivity index (χ3v) is 4.59. The monoisotopic (exact) mass is 392 g/mol. The SMILES string of the molecule is O=S(=O)(Nc1ccc2nc(C=C(O)C(F)(F)F)sc2c1)C(F)(F)F. The summed E-state index contributed by atoms with van der Waals surface area (Å²) in [5.41, 5.74) is -5.82. The molecular weight excluding hydrogens is 386 g/mol. The molecule has 0 spiro atoms. The fraction of sp³-hybridized carbons (Fsp3) is 0.182. The standard InChI is InChI=1S/C11H6F6N2O3S2/c12-10(13,14)8(20)4-9-18-6-2-1-5(3-7(6)23-9)19-24(21,22)11(15,16)17/h1-4,19-20H. The molecule has 1 aromatic carbocycles. The lowest BCUT2D eigenvalue weighted by molar-refractivity contribution is -0.119. The van der Waals surface area contributed by atoms with Crippen LogP contribution in [0.4, 0.5) is 32.0 Å². The summed E-state index contributed by atoms with van der Waals surface area (Å²) in [6.07, 6.45) is -4.62. The quantitative estimate of drug-likeness (QED) is 0.611.